The molecular weight excluding hydrogens is 218 g/mol. The van der Waals surface area contributed by atoms with Gasteiger partial charge in [-0.2, -0.15) is 0 Å². The SMILES string of the molecule is C=C/C=C(\C=C/C)C(=C)N=C(C)c1ccccc1. The van der Waals surface area contributed by atoms with Gasteiger partial charge >= 0.3 is 0 Å². The minimum atomic E-state index is 0.745. The Labute approximate surface area is 110 Å². The minimum absolute atomic E-state index is 0.745. The molecule has 0 spiro atoms. The molecule has 0 bridgehead atoms. The second-order valence-corrected chi connectivity index (χ2v) is 3.87. The molecule has 18 heavy (non-hydrogen) atoms. The normalized spacial score (nSPS) is 12.8. The molecule has 1 rings (SSSR count). The molecule has 0 aromatic heterocycles. The third kappa shape index (κ3) is 4.02. The molecule has 1 aromatic rings. The van der Waals surface area contributed by atoms with Crippen LogP contribution in [0.15, 0.2) is 84.1 Å². The van der Waals surface area contributed by atoms with Gasteiger partial charge in [-0.25, -0.2) is 0 Å². The van der Waals surface area contributed by atoms with Crippen LogP contribution in [0.5, 0.6) is 0 Å². The molecule has 0 atom stereocenters. The summed E-state index contributed by atoms with van der Waals surface area (Å²) >= 11 is 0. The van der Waals surface area contributed by atoms with Crippen LogP contribution < -0.4 is 0 Å². The summed E-state index contributed by atoms with van der Waals surface area (Å²) in [5.41, 5.74) is 3.79. The lowest BCUT2D eigenvalue weighted by atomic mass is 10.1. The summed E-state index contributed by atoms with van der Waals surface area (Å²) in [4.78, 5) is 4.54. The quantitative estimate of drug-likeness (QED) is 0.520. The molecular formula is C17H19N. The summed E-state index contributed by atoms with van der Waals surface area (Å²) in [6.45, 7) is 11.7. The molecule has 0 N–H and O–H groups in total. The zero-order valence-corrected chi connectivity index (χ0v) is 11.1. The second kappa shape index (κ2) is 7.23. The number of aliphatic imine (C=N–C) groups is 1. The fraction of sp³-hybridized carbons (Fsp3) is 0.118. The van der Waals surface area contributed by atoms with Crippen molar-refractivity contribution in [3.8, 4) is 0 Å². The summed E-state index contributed by atoms with van der Waals surface area (Å²) in [7, 11) is 0. The Morgan fingerprint density at radius 2 is 1.89 bits per heavy atom. The van der Waals surface area contributed by atoms with Crippen molar-refractivity contribution in [2.24, 2.45) is 4.99 Å². The van der Waals surface area contributed by atoms with Gasteiger partial charge < -0.3 is 0 Å². The number of allylic oxidation sites excluding steroid dienone is 4. The van der Waals surface area contributed by atoms with Gasteiger partial charge in [0.2, 0.25) is 0 Å². The van der Waals surface area contributed by atoms with Gasteiger partial charge in [-0.05, 0) is 25.0 Å². The molecule has 1 aromatic carbocycles. The standard InChI is InChI=1S/C17H19N/c1-5-10-16(11-6-2)14(3)18-15(4)17-12-8-7-9-13-17/h5-13H,1,3H2,2,4H3/b11-6-,16-10+,18-15?. The van der Waals surface area contributed by atoms with Gasteiger partial charge in [0.1, 0.15) is 0 Å². The summed E-state index contributed by atoms with van der Waals surface area (Å²) in [6.07, 6.45) is 7.59. The Hall–Kier alpha value is -2.15. The topological polar surface area (TPSA) is 12.4 Å². The highest BCUT2D eigenvalue weighted by atomic mass is 14.8. The van der Waals surface area contributed by atoms with Crippen LogP contribution in [0.1, 0.15) is 19.4 Å². The van der Waals surface area contributed by atoms with E-state index in [9.17, 15) is 0 Å². The van der Waals surface area contributed by atoms with Gasteiger partial charge in [-0.1, -0.05) is 67.8 Å². The van der Waals surface area contributed by atoms with Gasteiger partial charge in [0, 0.05) is 5.71 Å². The smallest absolute Gasteiger partial charge is 0.0633 e. The predicted molar refractivity (Wildman–Crippen MR) is 80.9 cm³/mol. The molecule has 0 heterocycles. The number of hydrogen-bond acceptors (Lipinski definition) is 1. The minimum Gasteiger partial charge on any atom is -0.253 e. The third-order valence-electron chi connectivity index (χ3n) is 2.47. The van der Waals surface area contributed by atoms with Crippen molar-refractivity contribution in [1.82, 2.24) is 0 Å². The largest absolute Gasteiger partial charge is 0.253 e. The van der Waals surface area contributed by atoms with E-state index in [1.165, 1.54) is 0 Å². The second-order valence-electron chi connectivity index (χ2n) is 3.87. The first-order valence-corrected chi connectivity index (χ1v) is 5.94. The molecule has 0 aliphatic rings. The molecule has 92 valence electrons. The summed E-state index contributed by atoms with van der Waals surface area (Å²) in [5, 5.41) is 0. The van der Waals surface area contributed by atoms with Crippen molar-refractivity contribution in [2.45, 2.75) is 13.8 Å². The number of nitrogens with zero attached hydrogens (tertiary/aromatic N) is 1. The Kier molecular flexibility index (Phi) is 5.59. The number of rotatable bonds is 5. The van der Waals surface area contributed by atoms with E-state index < -0.39 is 0 Å². The lowest BCUT2D eigenvalue weighted by Gasteiger charge is -2.04. The van der Waals surface area contributed by atoms with Crippen molar-refractivity contribution in [2.75, 3.05) is 0 Å². The molecule has 1 heteroatoms. The first-order chi connectivity index (χ1) is 8.69. The Bertz CT molecular complexity index is 502. The third-order valence-corrected chi connectivity index (χ3v) is 2.47. The van der Waals surface area contributed by atoms with E-state index in [1.54, 1.807) is 6.08 Å². The van der Waals surface area contributed by atoms with Crippen LogP contribution in [-0.2, 0) is 0 Å². The highest BCUT2D eigenvalue weighted by molar-refractivity contribution is 5.99. The van der Waals surface area contributed by atoms with E-state index in [-0.39, 0.29) is 0 Å². The van der Waals surface area contributed by atoms with Gasteiger partial charge in [0.05, 0.1) is 5.70 Å². The molecule has 0 aliphatic carbocycles. The summed E-state index contributed by atoms with van der Waals surface area (Å²) < 4.78 is 0. The average Bonchev–Trinajstić information content (AvgIpc) is 2.39. The first-order valence-electron chi connectivity index (χ1n) is 5.94. The molecule has 0 aliphatic heterocycles. The van der Waals surface area contributed by atoms with E-state index in [1.807, 2.05) is 62.4 Å². The lowest BCUT2D eigenvalue weighted by molar-refractivity contribution is 1.34. The van der Waals surface area contributed by atoms with Crippen LogP contribution in [0.4, 0.5) is 0 Å². The molecule has 0 saturated carbocycles. The number of benzene rings is 1. The molecule has 0 radical (unpaired) electrons. The van der Waals surface area contributed by atoms with Crippen LogP contribution in [0, 0.1) is 0 Å². The van der Waals surface area contributed by atoms with Crippen molar-refractivity contribution < 1.29 is 0 Å². The maximum Gasteiger partial charge on any atom is 0.0633 e. The number of hydrogen-bond donors (Lipinski definition) is 0. The van der Waals surface area contributed by atoms with Crippen LogP contribution in [-0.4, -0.2) is 5.71 Å². The van der Waals surface area contributed by atoms with Crippen LogP contribution in [0.2, 0.25) is 0 Å². The fourth-order valence-corrected chi connectivity index (χ4v) is 1.57. The van der Waals surface area contributed by atoms with Crippen molar-refractivity contribution in [3.63, 3.8) is 0 Å². The van der Waals surface area contributed by atoms with Crippen LogP contribution >= 0.6 is 0 Å². The monoisotopic (exact) mass is 237 g/mol. The van der Waals surface area contributed by atoms with Crippen molar-refractivity contribution in [3.05, 3.63) is 84.6 Å². The maximum atomic E-state index is 4.54. The summed E-state index contributed by atoms with van der Waals surface area (Å²) in [5.74, 6) is 0. The Balaban J connectivity index is 2.98. The lowest BCUT2D eigenvalue weighted by Crippen LogP contribution is -1.95. The Morgan fingerprint density at radius 3 is 2.44 bits per heavy atom. The van der Waals surface area contributed by atoms with Crippen molar-refractivity contribution in [1.29, 1.82) is 0 Å². The van der Waals surface area contributed by atoms with E-state index in [0.29, 0.717) is 0 Å². The fourth-order valence-electron chi connectivity index (χ4n) is 1.57. The van der Waals surface area contributed by atoms with Crippen LogP contribution in [0.25, 0.3) is 0 Å². The van der Waals surface area contributed by atoms with E-state index in [4.69, 9.17) is 0 Å². The van der Waals surface area contributed by atoms with Gasteiger partial charge in [-0.15, -0.1) is 0 Å². The van der Waals surface area contributed by atoms with Gasteiger partial charge in [0.25, 0.3) is 0 Å². The van der Waals surface area contributed by atoms with E-state index in [0.717, 1.165) is 22.5 Å². The van der Waals surface area contributed by atoms with E-state index in [2.05, 4.69) is 18.2 Å². The molecule has 1 nitrogen and oxygen atoms in total. The van der Waals surface area contributed by atoms with Gasteiger partial charge in [-0.3, -0.25) is 4.99 Å². The highest BCUT2D eigenvalue weighted by Crippen LogP contribution is 2.13. The molecule has 0 unspecified atom stereocenters. The highest BCUT2D eigenvalue weighted by Gasteiger charge is 1.99. The first kappa shape index (κ1) is 13.9. The van der Waals surface area contributed by atoms with Crippen LogP contribution in [0.3, 0.4) is 0 Å². The zero-order chi connectivity index (χ0) is 13.4. The zero-order valence-electron chi connectivity index (χ0n) is 11.1. The molecule has 0 fully saturated rings. The maximum absolute atomic E-state index is 4.54. The van der Waals surface area contributed by atoms with Crippen molar-refractivity contribution >= 4 is 5.71 Å². The summed E-state index contributed by atoms with van der Waals surface area (Å²) in [6, 6.07) is 10.1. The average molecular weight is 237 g/mol. The molecule has 0 saturated heterocycles. The van der Waals surface area contributed by atoms with Gasteiger partial charge in [0.15, 0.2) is 0 Å². The Morgan fingerprint density at radius 1 is 1.22 bits per heavy atom. The predicted octanol–water partition coefficient (Wildman–Crippen LogP) is 4.70. The van der Waals surface area contributed by atoms with E-state index >= 15 is 0 Å². The molecule has 0 amide bonds.